The van der Waals surface area contributed by atoms with Crippen LogP contribution in [0.1, 0.15) is 56.6 Å². The van der Waals surface area contributed by atoms with Crippen molar-refractivity contribution in [3.05, 3.63) is 64.8 Å². The van der Waals surface area contributed by atoms with Crippen molar-refractivity contribution in [2.24, 2.45) is 5.41 Å². The fraction of sp³-hybridized carbons (Fsp3) is 0.308. The standard InChI is InChI=1S/C26H26ClNO4/c1-15(2)32-20-8-6-18(7-9-20)28-22-10-5-16(12-21(22)23(27)24(28)25(30)31)17-11-19(29)14-26(3,4)13-17/h5-12,15H,13-14H2,1-4H3,(H,30,31). The first-order valence-corrected chi connectivity index (χ1v) is 11.0. The van der Waals surface area contributed by atoms with Gasteiger partial charge in [-0.15, -0.1) is 0 Å². The van der Waals surface area contributed by atoms with Crippen molar-refractivity contribution in [1.82, 2.24) is 4.57 Å². The van der Waals surface area contributed by atoms with Crippen LogP contribution in [-0.4, -0.2) is 27.5 Å². The summed E-state index contributed by atoms with van der Waals surface area (Å²) in [5.41, 5.74) is 3.09. The molecule has 6 heteroatoms. The number of aromatic carboxylic acids is 1. The van der Waals surface area contributed by atoms with E-state index < -0.39 is 5.97 Å². The number of ketones is 1. The molecule has 5 nitrogen and oxygen atoms in total. The molecule has 1 heterocycles. The number of nitrogens with zero attached hydrogens (tertiary/aromatic N) is 1. The zero-order valence-corrected chi connectivity index (χ0v) is 19.4. The second kappa shape index (κ2) is 8.14. The molecule has 2 aromatic carbocycles. The van der Waals surface area contributed by atoms with Gasteiger partial charge in [0, 0.05) is 17.5 Å². The van der Waals surface area contributed by atoms with Crippen LogP contribution in [0.4, 0.5) is 0 Å². The molecule has 0 radical (unpaired) electrons. The number of hydrogen-bond donors (Lipinski definition) is 1. The zero-order valence-electron chi connectivity index (χ0n) is 18.6. The van der Waals surface area contributed by atoms with Crippen LogP contribution in [0.5, 0.6) is 5.75 Å². The second-order valence-corrected chi connectivity index (χ2v) is 9.73. The van der Waals surface area contributed by atoms with Gasteiger partial charge in [-0.1, -0.05) is 31.5 Å². The molecule has 1 aromatic heterocycles. The number of fused-ring (bicyclic) bond motifs is 1. The van der Waals surface area contributed by atoms with Gasteiger partial charge in [0.1, 0.15) is 5.75 Å². The molecule has 0 bridgehead atoms. The Bertz CT molecular complexity index is 1250. The van der Waals surface area contributed by atoms with E-state index in [1.165, 1.54) is 0 Å². The van der Waals surface area contributed by atoms with E-state index in [9.17, 15) is 14.7 Å². The maximum absolute atomic E-state index is 12.2. The maximum Gasteiger partial charge on any atom is 0.354 e. The van der Waals surface area contributed by atoms with Gasteiger partial charge >= 0.3 is 5.97 Å². The van der Waals surface area contributed by atoms with Crippen LogP contribution >= 0.6 is 11.6 Å². The number of benzene rings is 2. The molecule has 0 aliphatic heterocycles. The van der Waals surface area contributed by atoms with Gasteiger partial charge in [-0.25, -0.2) is 4.79 Å². The molecule has 0 atom stereocenters. The molecule has 0 saturated carbocycles. The second-order valence-electron chi connectivity index (χ2n) is 9.35. The minimum absolute atomic E-state index is 0.00498. The average molecular weight is 452 g/mol. The number of aromatic nitrogens is 1. The van der Waals surface area contributed by atoms with E-state index in [1.807, 2.05) is 56.3 Å². The van der Waals surface area contributed by atoms with Gasteiger partial charge in [-0.2, -0.15) is 0 Å². The van der Waals surface area contributed by atoms with Crippen LogP contribution in [0, 0.1) is 5.41 Å². The third kappa shape index (κ3) is 4.17. The number of carbonyl (C=O) groups excluding carboxylic acids is 1. The lowest BCUT2D eigenvalue weighted by molar-refractivity contribution is -0.116. The minimum atomic E-state index is -1.11. The molecule has 1 aliphatic rings. The number of hydrogen-bond acceptors (Lipinski definition) is 3. The zero-order chi connectivity index (χ0) is 23.2. The van der Waals surface area contributed by atoms with Crippen molar-refractivity contribution >= 4 is 39.8 Å². The summed E-state index contributed by atoms with van der Waals surface area (Å²) in [6, 6.07) is 13.0. The molecule has 1 aliphatic carbocycles. The molecule has 0 spiro atoms. The summed E-state index contributed by atoms with van der Waals surface area (Å²) in [5.74, 6) is -0.291. The normalized spacial score (nSPS) is 15.8. The largest absolute Gasteiger partial charge is 0.491 e. The first-order valence-electron chi connectivity index (χ1n) is 10.6. The number of carbonyl (C=O) groups is 2. The van der Waals surface area contributed by atoms with Crippen molar-refractivity contribution in [2.75, 3.05) is 0 Å². The van der Waals surface area contributed by atoms with E-state index >= 15 is 0 Å². The fourth-order valence-corrected chi connectivity index (χ4v) is 4.70. The highest BCUT2D eigenvalue weighted by Gasteiger charge is 2.29. The quantitative estimate of drug-likeness (QED) is 0.478. The predicted octanol–water partition coefficient (Wildman–Crippen LogP) is 6.54. The Morgan fingerprint density at radius 3 is 2.41 bits per heavy atom. The molecule has 0 saturated heterocycles. The van der Waals surface area contributed by atoms with Crippen molar-refractivity contribution in [1.29, 1.82) is 0 Å². The first-order chi connectivity index (χ1) is 15.1. The highest BCUT2D eigenvalue weighted by atomic mass is 35.5. The maximum atomic E-state index is 12.2. The van der Waals surface area contributed by atoms with Gasteiger partial charge in [-0.3, -0.25) is 4.79 Å². The van der Waals surface area contributed by atoms with E-state index in [0.717, 1.165) is 17.6 Å². The molecule has 1 N–H and O–H groups in total. The summed E-state index contributed by atoms with van der Waals surface area (Å²) in [5, 5.41) is 10.7. The van der Waals surface area contributed by atoms with E-state index in [2.05, 4.69) is 13.8 Å². The van der Waals surface area contributed by atoms with Crippen molar-refractivity contribution in [3.8, 4) is 11.4 Å². The van der Waals surface area contributed by atoms with Crippen LogP contribution in [0.2, 0.25) is 5.02 Å². The number of allylic oxidation sites excluding steroid dienone is 2. The van der Waals surface area contributed by atoms with Crippen LogP contribution in [0.25, 0.3) is 22.2 Å². The Balaban J connectivity index is 1.85. The van der Waals surface area contributed by atoms with Gasteiger partial charge < -0.3 is 14.4 Å². The van der Waals surface area contributed by atoms with E-state index in [-0.39, 0.29) is 28.0 Å². The Kier molecular flexibility index (Phi) is 5.63. The summed E-state index contributed by atoms with van der Waals surface area (Å²) in [6.07, 6.45) is 3.03. The lowest BCUT2D eigenvalue weighted by atomic mass is 9.75. The number of carboxylic acid groups (broad SMARTS) is 1. The number of carboxylic acids is 1. The van der Waals surface area contributed by atoms with Gasteiger partial charge in [0.25, 0.3) is 0 Å². The Morgan fingerprint density at radius 2 is 1.81 bits per heavy atom. The first kappa shape index (κ1) is 22.2. The van der Waals surface area contributed by atoms with Gasteiger partial charge in [0.05, 0.1) is 16.6 Å². The third-order valence-corrected chi connectivity index (χ3v) is 5.99. The number of halogens is 1. The smallest absolute Gasteiger partial charge is 0.354 e. The van der Waals surface area contributed by atoms with Crippen LogP contribution < -0.4 is 4.74 Å². The Morgan fingerprint density at radius 1 is 1.12 bits per heavy atom. The molecule has 166 valence electrons. The summed E-state index contributed by atoms with van der Waals surface area (Å²) < 4.78 is 7.34. The highest BCUT2D eigenvalue weighted by molar-refractivity contribution is 6.38. The van der Waals surface area contributed by atoms with Gasteiger partial charge in [0.15, 0.2) is 11.5 Å². The molecular formula is C26H26ClNO4. The monoisotopic (exact) mass is 451 g/mol. The Hall–Kier alpha value is -3.05. The highest BCUT2D eigenvalue weighted by Crippen LogP contribution is 2.41. The fourth-order valence-electron chi connectivity index (χ4n) is 4.39. The van der Waals surface area contributed by atoms with Crippen molar-refractivity contribution in [3.63, 3.8) is 0 Å². The molecule has 3 aromatic rings. The number of rotatable bonds is 5. The lowest BCUT2D eigenvalue weighted by Crippen LogP contribution is -2.21. The molecular weight excluding hydrogens is 426 g/mol. The molecule has 0 unspecified atom stereocenters. The molecule has 0 fully saturated rings. The Labute approximate surface area is 192 Å². The molecule has 0 amide bonds. The minimum Gasteiger partial charge on any atom is -0.491 e. The van der Waals surface area contributed by atoms with Gasteiger partial charge in [0.2, 0.25) is 0 Å². The SMILES string of the molecule is CC(C)Oc1ccc(-n2c(C(=O)O)c(Cl)c3cc(C4=CC(=O)CC(C)(C)C4)ccc32)cc1. The summed E-state index contributed by atoms with van der Waals surface area (Å²) in [6.45, 7) is 8.05. The third-order valence-electron chi connectivity index (χ3n) is 5.60. The predicted molar refractivity (Wildman–Crippen MR) is 127 cm³/mol. The van der Waals surface area contributed by atoms with Crippen LogP contribution in [0.3, 0.4) is 0 Å². The van der Waals surface area contributed by atoms with Crippen molar-refractivity contribution in [2.45, 2.75) is 46.6 Å². The lowest BCUT2D eigenvalue weighted by Gasteiger charge is -2.29. The van der Waals surface area contributed by atoms with E-state index in [1.54, 1.807) is 10.6 Å². The summed E-state index contributed by atoms with van der Waals surface area (Å²) in [4.78, 5) is 24.4. The average Bonchev–Trinajstić information content (AvgIpc) is 2.99. The number of ether oxygens (including phenoxy) is 1. The topological polar surface area (TPSA) is 68.5 Å². The summed E-state index contributed by atoms with van der Waals surface area (Å²) >= 11 is 6.59. The van der Waals surface area contributed by atoms with E-state index in [4.69, 9.17) is 16.3 Å². The molecule has 4 rings (SSSR count). The van der Waals surface area contributed by atoms with E-state index in [0.29, 0.717) is 28.8 Å². The van der Waals surface area contributed by atoms with Crippen LogP contribution in [0.15, 0.2) is 48.5 Å². The summed E-state index contributed by atoms with van der Waals surface area (Å²) in [7, 11) is 0. The van der Waals surface area contributed by atoms with Gasteiger partial charge in [-0.05, 0) is 79.3 Å². The molecule has 32 heavy (non-hydrogen) atoms. The van der Waals surface area contributed by atoms with Crippen molar-refractivity contribution < 1.29 is 19.4 Å². The van der Waals surface area contributed by atoms with Crippen LogP contribution in [-0.2, 0) is 4.79 Å².